The Balaban J connectivity index is 2.32. The van der Waals surface area contributed by atoms with Crippen LogP contribution >= 0.6 is 24.0 Å². The predicted octanol–water partition coefficient (Wildman–Crippen LogP) is 2.13. The molecule has 2 heterocycles. The van der Waals surface area contributed by atoms with Gasteiger partial charge in [0.25, 0.3) is 0 Å². The average molecular weight is 272 g/mol. The maximum absolute atomic E-state index is 8.97. The summed E-state index contributed by atoms with van der Waals surface area (Å²) in [4.78, 5) is 8.67. The topological polar surface area (TPSA) is 75.6 Å². The van der Waals surface area contributed by atoms with Gasteiger partial charge in [0.15, 0.2) is 0 Å². The normalized spacial score (nSPS) is 9.72. The summed E-state index contributed by atoms with van der Waals surface area (Å²) in [5.41, 5.74) is 6.82. The summed E-state index contributed by atoms with van der Waals surface area (Å²) in [7, 11) is 0. The number of hydrogen-bond acceptors (Lipinski definition) is 5. The molecule has 0 fully saturated rings. The second kappa shape index (κ2) is 5.58. The quantitative estimate of drug-likeness (QED) is 0.863. The Morgan fingerprint density at radius 3 is 2.89 bits per heavy atom. The minimum atomic E-state index is 0.320. The molecule has 2 aromatic rings. The number of nitrogens with two attached hydrogens (primary N) is 1. The molecule has 0 aliphatic heterocycles. The van der Waals surface area contributed by atoms with Gasteiger partial charge < -0.3 is 5.73 Å². The van der Waals surface area contributed by atoms with E-state index in [1.54, 1.807) is 36.7 Å². The van der Waals surface area contributed by atoms with E-state index in [9.17, 15) is 0 Å². The molecule has 0 aliphatic carbocycles. The predicted molar refractivity (Wildman–Crippen MR) is 73.2 cm³/mol. The van der Waals surface area contributed by atoms with Crippen LogP contribution in [-0.2, 0) is 0 Å². The lowest BCUT2D eigenvalue weighted by molar-refractivity contribution is 1.08. The van der Waals surface area contributed by atoms with Crippen LogP contribution < -0.4 is 5.73 Å². The Hall–Kier alpha value is -1.97. The molecule has 0 saturated carbocycles. The first-order valence-electron chi connectivity index (χ1n) is 4.99. The zero-order valence-electron chi connectivity index (χ0n) is 9.20. The number of pyridine rings is 2. The van der Waals surface area contributed by atoms with E-state index in [1.807, 2.05) is 0 Å². The lowest BCUT2D eigenvalue weighted by Gasteiger charge is -2.03. The number of rotatable bonds is 3. The second-order valence-corrected chi connectivity index (χ2v) is 4.77. The summed E-state index contributed by atoms with van der Waals surface area (Å²) in [6.07, 6.45) is 3.27. The molecule has 2 N–H and O–H groups in total. The first-order valence-corrected chi connectivity index (χ1v) is 6.22. The lowest BCUT2D eigenvalue weighted by atomic mass is 10.3. The van der Waals surface area contributed by atoms with E-state index in [2.05, 4.69) is 16.0 Å². The SMILES string of the molecule is N#Cc1cccnc1Sc1cc(C(N)=S)ccn1. The van der Waals surface area contributed by atoms with E-state index < -0.39 is 0 Å². The molecule has 0 amide bonds. The lowest BCUT2D eigenvalue weighted by Crippen LogP contribution is -2.09. The number of aromatic nitrogens is 2. The Labute approximate surface area is 114 Å². The van der Waals surface area contributed by atoms with Crippen LogP contribution in [0.15, 0.2) is 46.7 Å². The van der Waals surface area contributed by atoms with Crippen molar-refractivity contribution in [2.75, 3.05) is 0 Å². The molecule has 0 atom stereocenters. The third kappa shape index (κ3) is 2.83. The van der Waals surface area contributed by atoms with E-state index in [0.717, 1.165) is 5.56 Å². The maximum atomic E-state index is 8.97. The Bertz CT molecular complexity index is 634. The van der Waals surface area contributed by atoms with Gasteiger partial charge in [0.1, 0.15) is 21.1 Å². The first kappa shape index (κ1) is 12.5. The van der Waals surface area contributed by atoms with E-state index in [1.165, 1.54) is 11.8 Å². The Morgan fingerprint density at radius 1 is 1.33 bits per heavy atom. The van der Waals surface area contributed by atoms with Crippen molar-refractivity contribution in [1.82, 2.24) is 9.97 Å². The van der Waals surface area contributed by atoms with Crippen LogP contribution in [0.4, 0.5) is 0 Å². The Morgan fingerprint density at radius 2 is 2.17 bits per heavy atom. The molecular weight excluding hydrogens is 264 g/mol. The van der Waals surface area contributed by atoms with Gasteiger partial charge in [-0.25, -0.2) is 9.97 Å². The molecule has 2 aromatic heterocycles. The molecule has 0 unspecified atom stereocenters. The highest BCUT2D eigenvalue weighted by Crippen LogP contribution is 2.26. The second-order valence-electron chi connectivity index (χ2n) is 3.32. The first-order chi connectivity index (χ1) is 8.70. The molecule has 0 bridgehead atoms. The van der Waals surface area contributed by atoms with Gasteiger partial charge in [-0.2, -0.15) is 5.26 Å². The van der Waals surface area contributed by atoms with Crippen molar-refractivity contribution in [3.05, 3.63) is 47.8 Å². The molecule has 88 valence electrons. The average Bonchev–Trinajstić information content (AvgIpc) is 2.39. The molecule has 4 nitrogen and oxygen atoms in total. The zero-order chi connectivity index (χ0) is 13.0. The van der Waals surface area contributed by atoms with Crippen molar-refractivity contribution in [2.24, 2.45) is 5.73 Å². The summed E-state index contributed by atoms with van der Waals surface area (Å²) >= 11 is 6.22. The molecular formula is C12H8N4S2. The largest absolute Gasteiger partial charge is 0.389 e. The number of nitriles is 1. The van der Waals surface area contributed by atoms with Crippen molar-refractivity contribution in [1.29, 1.82) is 5.26 Å². The van der Waals surface area contributed by atoms with Gasteiger partial charge in [0.2, 0.25) is 0 Å². The number of nitrogens with zero attached hydrogens (tertiary/aromatic N) is 3. The molecule has 18 heavy (non-hydrogen) atoms. The minimum Gasteiger partial charge on any atom is -0.389 e. The van der Waals surface area contributed by atoms with Gasteiger partial charge in [-0.1, -0.05) is 12.2 Å². The van der Waals surface area contributed by atoms with E-state index in [-0.39, 0.29) is 0 Å². The van der Waals surface area contributed by atoms with Gasteiger partial charge in [-0.15, -0.1) is 0 Å². The van der Waals surface area contributed by atoms with Crippen molar-refractivity contribution in [2.45, 2.75) is 10.1 Å². The summed E-state index contributed by atoms with van der Waals surface area (Å²) in [6, 6.07) is 9.06. The van der Waals surface area contributed by atoms with Gasteiger partial charge in [-0.3, -0.25) is 0 Å². The highest BCUT2D eigenvalue weighted by atomic mass is 32.2. The van der Waals surface area contributed by atoms with Gasteiger partial charge in [0, 0.05) is 18.0 Å². The maximum Gasteiger partial charge on any atom is 0.120 e. The van der Waals surface area contributed by atoms with Crippen LogP contribution in [0, 0.1) is 11.3 Å². The zero-order valence-corrected chi connectivity index (χ0v) is 10.8. The molecule has 0 aromatic carbocycles. The highest BCUT2D eigenvalue weighted by Gasteiger charge is 2.07. The monoisotopic (exact) mass is 272 g/mol. The number of thiocarbonyl (C=S) groups is 1. The van der Waals surface area contributed by atoms with Crippen molar-refractivity contribution in [3.8, 4) is 6.07 Å². The highest BCUT2D eigenvalue weighted by molar-refractivity contribution is 7.99. The third-order valence-corrected chi connectivity index (χ3v) is 3.30. The molecule has 0 saturated heterocycles. The number of hydrogen-bond donors (Lipinski definition) is 1. The summed E-state index contributed by atoms with van der Waals surface area (Å²) in [5.74, 6) is 0. The minimum absolute atomic E-state index is 0.320. The third-order valence-electron chi connectivity index (χ3n) is 2.11. The van der Waals surface area contributed by atoms with Gasteiger partial charge in [0.05, 0.1) is 5.56 Å². The van der Waals surface area contributed by atoms with Crippen molar-refractivity contribution >= 4 is 29.0 Å². The molecule has 2 rings (SSSR count). The van der Waals surface area contributed by atoms with Crippen LogP contribution in [-0.4, -0.2) is 15.0 Å². The fourth-order valence-electron chi connectivity index (χ4n) is 1.27. The molecule has 0 radical (unpaired) electrons. The fraction of sp³-hybridized carbons (Fsp3) is 0. The van der Waals surface area contributed by atoms with Crippen molar-refractivity contribution < 1.29 is 0 Å². The van der Waals surface area contributed by atoms with E-state index in [4.69, 9.17) is 23.2 Å². The van der Waals surface area contributed by atoms with Crippen LogP contribution in [0.25, 0.3) is 0 Å². The van der Waals surface area contributed by atoms with Crippen LogP contribution in [0.5, 0.6) is 0 Å². The van der Waals surface area contributed by atoms with Crippen LogP contribution in [0.3, 0.4) is 0 Å². The van der Waals surface area contributed by atoms with Crippen LogP contribution in [0.1, 0.15) is 11.1 Å². The summed E-state index contributed by atoms with van der Waals surface area (Å²) in [6.45, 7) is 0. The molecule has 0 aliphatic rings. The Kier molecular flexibility index (Phi) is 3.87. The summed E-state index contributed by atoms with van der Waals surface area (Å²) in [5, 5.41) is 10.3. The molecule has 6 heteroatoms. The van der Waals surface area contributed by atoms with Gasteiger partial charge in [-0.05, 0) is 36.0 Å². The van der Waals surface area contributed by atoms with E-state index >= 15 is 0 Å². The van der Waals surface area contributed by atoms with Gasteiger partial charge >= 0.3 is 0 Å². The summed E-state index contributed by atoms with van der Waals surface area (Å²) < 4.78 is 0. The van der Waals surface area contributed by atoms with Crippen LogP contribution in [0.2, 0.25) is 0 Å². The standard InChI is InChI=1S/C12H8N4S2/c13-7-9-2-1-4-16-12(9)18-10-6-8(11(14)17)3-5-15-10/h1-6H,(H2,14,17). The van der Waals surface area contributed by atoms with Crippen molar-refractivity contribution in [3.63, 3.8) is 0 Å². The smallest absolute Gasteiger partial charge is 0.120 e. The fourth-order valence-corrected chi connectivity index (χ4v) is 2.24. The molecule has 0 spiro atoms. The van der Waals surface area contributed by atoms with E-state index in [0.29, 0.717) is 20.6 Å².